The van der Waals surface area contributed by atoms with E-state index in [1.165, 1.54) is 24.3 Å². The summed E-state index contributed by atoms with van der Waals surface area (Å²) in [4.78, 5) is 27.8. The van der Waals surface area contributed by atoms with E-state index in [-0.39, 0.29) is 6.61 Å². The normalized spacial score (nSPS) is 17.8. The number of hydrogen-bond acceptors (Lipinski definition) is 4. The number of benzene rings is 3. The predicted octanol–water partition coefficient (Wildman–Crippen LogP) is 4.81. The van der Waals surface area contributed by atoms with Gasteiger partial charge < -0.3 is 9.84 Å². The molecule has 0 bridgehead atoms. The molecule has 0 radical (unpaired) electrons. The topological polar surface area (TPSA) is 66.8 Å². The number of ether oxygens (including phenoxy) is 1. The van der Waals surface area contributed by atoms with Crippen molar-refractivity contribution in [1.82, 2.24) is 4.90 Å². The van der Waals surface area contributed by atoms with Gasteiger partial charge in [-0.25, -0.2) is 14.1 Å². The quantitative estimate of drug-likeness (QED) is 0.496. The second kappa shape index (κ2) is 9.91. The summed E-state index contributed by atoms with van der Waals surface area (Å²) in [6.45, 7) is 4.33. The molecule has 1 saturated heterocycles. The van der Waals surface area contributed by atoms with Gasteiger partial charge >= 0.3 is 6.09 Å². The van der Waals surface area contributed by atoms with Crippen LogP contribution in [-0.4, -0.2) is 36.7 Å². The van der Waals surface area contributed by atoms with Crippen LogP contribution in [0.5, 0.6) is 0 Å². The van der Waals surface area contributed by atoms with Crippen LogP contribution in [0, 0.1) is 11.7 Å². The summed E-state index contributed by atoms with van der Waals surface area (Å²) in [6.07, 6.45) is -1.91. The van der Waals surface area contributed by atoms with Crippen molar-refractivity contribution in [3.8, 4) is 0 Å². The molecule has 3 aromatic rings. The Morgan fingerprint density at radius 3 is 2.24 bits per heavy atom. The molecule has 5 nitrogen and oxygen atoms in total. The van der Waals surface area contributed by atoms with Gasteiger partial charge in [-0.2, -0.15) is 0 Å². The first kappa shape index (κ1) is 23.9. The fourth-order valence-corrected chi connectivity index (χ4v) is 7.38. The molecule has 0 spiro atoms. The maximum Gasteiger partial charge on any atom is 0.417 e. The van der Waals surface area contributed by atoms with Crippen LogP contribution in [-0.2, 0) is 9.53 Å². The van der Waals surface area contributed by atoms with Gasteiger partial charge in [-0.15, -0.1) is 0 Å². The lowest BCUT2D eigenvalue weighted by molar-refractivity contribution is -0.136. The molecule has 1 heterocycles. The van der Waals surface area contributed by atoms with Crippen molar-refractivity contribution in [2.45, 2.75) is 31.3 Å². The minimum Gasteiger partial charge on any atom is -0.446 e. The number of halogens is 1. The molecule has 1 aliphatic heterocycles. The van der Waals surface area contributed by atoms with E-state index < -0.39 is 44.0 Å². The molecule has 3 aromatic carbocycles. The highest BCUT2D eigenvalue weighted by molar-refractivity contribution is 6.90. The molecule has 176 valence electrons. The fraction of sp³-hybridized carbons (Fsp3) is 0.259. The van der Waals surface area contributed by atoms with Crippen LogP contribution in [0.2, 0.25) is 19.1 Å². The number of aliphatic hydroxyl groups excluding tert-OH is 1. The van der Waals surface area contributed by atoms with Crippen LogP contribution in [0.15, 0.2) is 84.9 Å². The Balaban J connectivity index is 1.71. The number of amides is 2. The van der Waals surface area contributed by atoms with E-state index >= 15 is 0 Å². The van der Waals surface area contributed by atoms with E-state index in [1.807, 2.05) is 60.7 Å². The Kier molecular flexibility index (Phi) is 6.95. The van der Waals surface area contributed by atoms with Crippen molar-refractivity contribution in [3.63, 3.8) is 0 Å². The molecule has 0 unspecified atom stereocenters. The van der Waals surface area contributed by atoms with Gasteiger partial charge in [0.15, 0.2) is 0 Å². The molecule has 0 aromatic heterocycles. The predicted molar refractivity (Wildman–Crippen MR) is 131 cm³/mol. The molecular formula is C27H28FNO4Si. The standard InChI is InChI=1S/C27H28FNO4Si/c1-34(2,22-11-7-4-8-12-22)18-23(25(30)20-13-15-21(28)16-14-20)26(31)29-24(17-33-27(29)32)19-9-5-3-6-10-19/h3-16,23-25,30H,17-18H2,1-2H3/t23-,24+,25+/m0/s1. The summed E-state index contributed by atoms with van der Waals surface area (Å²) in [6, 6.07) is 24.5. The third kappa shape index (κ3) is 4.95. The maximum atomic E-state index is 13.9. The van der Waals surface area contributed by atoms with Gasteiger partial charge in [0.2, 0.25) is 5.91 Å². The van der Waals surface area contributed by atoms with Gasteiger partial charge in [-0.05, 0) is 29.3 Å². The van der Waals surface area contributed by atoms with Crippen LogP contribution >= 0.6 is 0 Å². The Bertz CT molecular complexity index is 1140. The molecule has 3 atom stereocenters. The van der Waals surface area contributed by atoms with E-state index in [1.54, 1.807) is 0 Å². The van der Waals surface area contributed by atoms with Crippen LogP contribution in [0.25, 0.3) is 0 Å². The largest absolute Gasteiger partial charge is 0.446 e. The van der Waals surface area contributed by atoms with E-state index in [9.17, 15) is 19.1 Å². The van der Waals surface area contributed by atoms with Crippen molar-refractivity contribution in [1.29, 1.82) is 0 Å². The van der Waals surface area contributed by atoms with Crippen LogP contribution in [0.1, 0.15) is 23.3 Å². The minimum atomic E-state index is -2.22. The summed E-state index contributed by atoms with van der Waals surface area (Å²) >= 11 is 0. The number of cyclic esters (lactones) is 1. The zero-order valence-corrected chi connectivity index (χ0v) is 20.2. The third-order valence-corrected chi connectivity index (χ3v) is 9.85. The fourth-order valence-electron chi connectivity index (χ4n) is 4.55. The average Bonchev–Trinajstić information content (AvgIpc) is 3.24. The van der Waals surface area contributed by atoms with Crippen molar-refractivity contribution in [3.05, 3.63) is 102 Å². The van der Waals surface area contributed by atoms with Gasteiger partial charge in [0.1, 0.15) is 18.5 Å². The molecule has 4 rings (SSSR count). The number of carbonyl (C=O) groups excluding carboxylic acids is 2. The Morgan fingerprint density at radius 1 is 1.03 bits per heavy atom. The summed E-state index contributed by atoms with van der Waals surface area (Å²) < 4.78 is 18.8. The number of aliphatic hydroxyl groups is 1. The average molecular weight is 478 g/mol. The summed E-state index contributed by atoms with van der Waals surface area (Å²) in [7, 11) is -2.22. The summed E-state index contributed by atoms with van der Waals surface area (Å²) in [5.41, 5.74) is 1.22. The number of imide groups is 1. The molecule has 0 saturated carbocycles. The first-order valence-corrected chi connectivity index (χ1v) is 14.5. The summed E-state index contributed by atoms with van der Waals surface area (Å²) in [5.74, 6) is -1.81. The molecule has 1 N–H and O–H groups in total. The lowest BCUT2D eigenvalue weighted by Crippen LogP contribution is -2.48. The van der Waals surface area contributed by atoms with Crippen LogP contribution < -0.4 is 5.19 Å². The van der Waals surface area contributed by atoms with Crippen molar-refractivity contribution >= 4 is 25.3 Å². The SMILES string of the molecule is C[Si](C)(C[C@H](C(=O)N1C(=O)OC[C@@H]1c1ccccc1)[C@H](O)c1ccc(F)cc1)c1ccccc1. The second-order valence-corrected chi connectivity index (χ2v) is 14.0. The molecule has 1 fully saturated rings. The van der Waals surface area contributed by atoms with E-state index in [0.717, 1.165) is 15.7 Å². The molecule has 34 heavy (non-hydrogen) atoms. The highest BCUT2D eigenvalue weighted by Gasteiger charge is 2.45. The lowest BCUT2D eigenvalue weighted by atomic mass is 9.95. The van der Waals surface area contributed by atoms with Crippen LogP contribution in [0.4, 0.5) is 9.18 Å². The monoisotopic (exact) mass is 477 g/mol. The van der Waals surface area contributed by atoms with E-state index in [4.69, 9.17) is 4.74 Å². The zero-order valence-electron chi connectivity index (χ0n) is 19.2. The third-order valence-electron chi connectivity index (χ3n) is 6.49. The number of carbonyl (C=O) groups is 2. The van der Waals surface area contributed by atoms with Gasteiger partial charge in [-0.1, -0.05) is 91.1 Å². The second-order valence-electron chi connectivity index (χ2n) is 9.27. The molecule has 7 heteroatoms. The Labute approximate surface area is 199 Å². The first-order valence-electron chi connectivity index (χ1n) is 11.3. The molecule has 0 aliphatic carbocycles. The zero-order chi connectivity index (χ0) is 24.3. The highest BCUT2D eigenvalue weighted by Crippen LogP contribution is 2.36. The van der Waals surface area contributed by atoms with Gasteiger partial charge in [0, 0.05) is 0 Å². The van der Waals surface area contributed by atoms with E-state index in [2.05, 4.69) is 13.1 Å². The van der Waals surface area contributed by atoms with Crippen molar-refractivity contribution < 1.29 is 23.8 Å². The number of hydrogen-bond donors (Lipinski definition) is 1. The number of rotatable bonds is 7. The molecule has 2 amide bonds. The van der Waals surface area contributed by atoms with Crippen LogP contribution in [0.3, 0.4) is 0 Å². The first-order chi connectivity index (χ1) is 16.3. The Morgan fingerprint density at radius 2 is 1.62 bits per heavy atom. The van der Waals surface area contributed by atoms with Crippen molar-refractivity contribution in [2.75, 3.05) is 6.61 Å². The van der Waals surface area contributed by atoms with Gasteiger partial charge in [0.25, 0.3) is 0 Å². The molecule has 1 aliphatic rings. The summed E-state index contributed by atoms with van der Waals surface area (Å²) in [5, 5.41) is 12.5. The molecular weight excluding hydrogens is 449 g/mol. The smallest absolute Gasteiger partial charge is 0.417 e. The maximum absolute atomic E-state index is 13.9. The minimum absolute atomic E-state index is 0.0630. The van der Waals surface area contributed by atoms with Gasteiger partial charge in [-0.3, -0.25) is 4.79 Å². The van der Waals surface area contributed by atoms with Crippen molar-refractivity contribution in [2.24, 2.45) is 5.92 Å². The number of nitrogens with zero attached hydrogens (tertiary/aromatic N) is 1. The van der Waals surface area contributed by atoms with Gasteiger partial charge in [0.05, 0.1) is 20.1 Å². The highest BCUT2D eigenvalue weighted by atomic mass is 28.3. The van der Waals surface area contributed by atoms with E-state index in [0.29, 0.717) is 11.6 Å². The lowest BCUT2D eigenvalue weighted by Gasteiger charge is -2.33. The Hall–Kier alpha value is -3.29.